The quantitative estimate of drug-likeness (QED) is 0.634. The summed E-state index contributed by atoms with van der Waals surface area (Å²) in [6.45, 7) is 5.37. The van der Waals surface area contributed by atoms with Crippen molar-refractivity contribution in [3.8, 4) is 0 Å². The number of H-pyrrole nitrogens is 1. The largest absolute Gasteiger partial charge is 0.368 e. The van der Waals surface area contributed by atoms with Crippen molar-refractivity contribution in [3.63, 3.8) is 0 Å². The minimum atomic E-state index is -0.450. The number of hydrogen-bond acceptors (Lipinski definition) is 3. The molecule has 0 fully saturated rings. The van der Waals surface area contributed by atoms with E-state index in [4.69, 9.17) is 0 Å². The van der Waals surface area contributed by atoms with Crippen molar-refractivity contribution in [2.45, 2.75) is 6.92 Å². The Kier molecular flexibility index (Phi) is 5.85. The van der Waals surface area contributed by atoms with Gasteiger partial charge in [-0.25, -0.2) is 9.78 Å². The van der Waals surface area contributed by atoms with Crippen molar-refractivity contribution >= 4 is 12.0 Å². The van der Waals surface area contributed by atoms with Crippen LogP contribution in [0.25, 0.3) is 0 Å². The van der Waals surface area contributed by atoms with Crippen LogP contribution in [0.5, 0.6) is 0 Å². The molecule has 1 heterocycles. The van der Waals surface area contributed by atoms with Crippen LogP contribution in [0.3, 0.4) is 0 Å². The third-order valence-electron chi connectivity index (χ3n) is 1.39. The molecular formula is C8H11N4O2W-. The molecule has 0 bridgehead atoms. The molecule has 0 saturated carbocycles. The summed E-state index contributed by atoms with van der Waals surface area (Å²) in [5.41, 5.74) is 0.237. The Labute approximate surface area is 101 Å². The number of aromatic amines is 1. The molecule has 1 aromatic heterocycles. The fourth-order valence-electron chi connectivity index (χ4n) is 0.904. The van der Waals surface area contributed by atoms with Crippen LogP contribution in [0.4, 0.5) is 10.7 Å². The molecule has 2 amide bonds. The van der Waals surface area contributed by atoms with Gasteiger partial charge >= 0.3 is 6.03 Å². The van der Waals surface area contributed by atoms with E-state index < -0.39 is 6.03 Å². The number of amides is 2. The van der Waals surface area contributed by atoms with Crippen molar-refractivity contribution in [1.29, 1.82) is 0 Å². The molecule has 6 nitrogen and oxygen atoms in total. The van der Waals surface area contributed by atoms with Gasteiger partial charge in [-0.15, -0.1) is 6.54 Å². The van der Waals surface area contributed by atoms with Gasteiger partial charge in [0, 0.05) is 32.8 Å². The Morgan fingerprint density at radius 2 is 2.33 bits per heavy atom. The summed E-state index contributed by atoms with van der Waals surface area (Å²) < 4.78 is 0. The Morgan fingerprint density at radius 3 is 2.87 bits per heavy atom. The molecule has 82 valence electrons. The molecule has 1 rings (SSSR count). The molecule has 0 spiro atoms. The first-order valence-corrected chi connectivity index (χ1v) is 4.04. The van der Waals surface area contributed by atoms with Crippen LogP contribution in [0.1, 0.15) is 5.69 Å². The maximum Gasteiger partial charge on any atom is 0.319 e. The number of aromatic nitrogens is 2. The van der Waals surface area contributed by atoms with Crippen LogP contribution >= 0.6 is 0 Å². The summed E-state index contributed by atoms with van der Waals surface area (Å²) in [6, 6.07) is 0.888. The van der Waals surface area contributed by atoms with E-state index in [-0.39, 0.29) is 39.1 Å². The Balaban J connectivity index is 0.00000196. The molecule has 0 aliphatic heterocycles. The molecule has 0 radical (unpaired) electrons. The number of nitrogens with zero attached hydrogens (tertiary/aromatic N) is 1. The van der Waals surface area contributed by atoms with Crippen molar-refractivity contribution < 1.29 is 25.9 Å². The maximum atomic E-state index is 11.0. The second-order valence-corrected chi connectivity index (χ2v) is 2.62. The van der Waals surface area contributed by atoms with E-state index in [1.807, 2.05) is 0 Å². The van der Waals surface area contributed by atoms with Gasteiger partial charge in [0.25, 0.3) is 5.56 Å². The van der Waals surface area contributed by atoms with Gasteiger partial charge in [0.15, 0.2) is 0 Å². The van der Waals surface area contributed by atoms with E-state index in [0.717, 1.165) is 0 Å². The molecule has 0 saturated heterocycles. The van der Waals surface area contributed by atoms with Gasteiger partial charge in [-0.3, -0.25) is 15.1 Å². The predicted molar refractivity (Wildman–Crippen MR) is 52.0 cm³/mol. The molecule has 7 heteroatoms. The fourth-order valence-corrected chi connectivity index (χ4v) is 0.904. The van der Waals surface area contributed by atoms with Gasteiger partial charge in [-0.2, -0.15) is 0 Å². The van der Waals surface area contributed by atoms with Gasteiger partial charge in [0.05, 0.1) is 0 Å². The van der Waals surface area contributed by atoms with E-state index in [0.29, 0.717) is 5.69 Å². The van der Waals surface area contributed by atoms with E-state index in [1.165, 1.54) is 6.07 Å². The average molecular weight is 379 g/mol. The molecule has 0 aliphatic rings. The first-order chi connectivity index (χ1) is 6.61. The zero-order valence-electron chi connectivity index (χ0n) is 8.16. The summed E-state index contributed by atoms with van der Waals surface area (Å²) in [4.78, 5) is 28.3. The zero-order chi connectivity index (χ0) is 10.6. The number of hydrogen-bond donors (Lipinski definition) is 3. The van der Waals surface area contributed by atoms with Gasteiger partial charge in [-0.1, -0.05) is 0 Å². The number of aryl methyl sites for hydroxylation is 1. The monoisotopic (exact) mass is 379 g/mol. The van der Waals surface area contributed by atoms with Crippen LogP contribution in [-0.2, 0) is 21.1 Å². The van der Waals surface area contributed by atoms with Crippen LogP contribution in [0.2, 0.25) is 0 Å². The second-order valence-electron chi connectivity index (χ2n) is 2.62. The van der Waals surface area contributed by atoms with Crippen molar-refractivity contribution in [3.05, 3.63) is 29.0 Å². The molecule has 1 aromatic rings. The minimum absolute atomic E-state index is 0. The van der Waals surface area contributed by atoms with Crippen LogP contribution in [0.15, 0.2) is 10.9 Å². The molecular weight excluding hydrogens is 368 g/mol. The zero-order valence-corrected chi connectivity index (χ0v) is 11.1. The molecule has 0 aromatic carbocycles. The summed E-state index contributed by atoms with van der Waals surface area (Å²) in [5.74, 6) is 0.126. The number of carbonyl (C=O) groups excluding carboxylic acids is 1. The van der Waals surface area contributed by atoms with Gasteiger partial charge in [0.2, 0.25) is 5.95 Å². The van der Waals surface area contributed by atoms with E-state index >= 15 is 0 Å². The average Bonchev–Trinajstić information content (AvgIpc) is 2.01. The molecule has 3 N–H and O–H groups in total. The van der Waals surface area contributed by atoms with Crippen LogP contribution < -0.4 is 16.2 Å². The molecule has 0 aliphatic carbocycles. The third kappa shape index (κ3) is 4.74. The third-order valence-corrected chi connectivity index (χ3v) is 1.39. The maximum absolute atomic E-state index is 11.0. The number of carbonyl (C=O) groups is 1. The number of urea groups is 1. The Hall–Kier alpha value is -1.16. The molecule has 0 atom stereocenters. The van der Waals surface area contributed by atoms with Crippen LogP contribution in [0, 0.1) is 13.8 Å². The van der Waals surface area contributed by atoms with Gasteiger partial charge in [0.1, 0.15) is 0 Å². The fraction of sp³-hybridized carbons (Fsp3) is 0.250. The standard InChI is InChI=1S/C8H11N4O2.W/c1-3-9-8(14)12-7-10-5(2)4-6(13)11-7;/h4H,1,3H2,2H3,(H3,9,10,11,12,13,14);/q-1;. The number of rotatable bonds is 2. The van der Waals surface area contributed by atoms with Crippen LogP contribution in [-0.4, -0.2) is 22.5 Å². The van der Waals surface area contributed by atoms with Gasteiger partial charge in [-0.05, 0) is 6.92 Å². The molecule has 15 heavy (non-hydrogen) atoms. The summed E-state index contributed by atoms with van der Waals surface area (Å²) in [7, 11) is 0. The Morgan fingerprint density at radius 1 is 1.67 bits per heavy atom. The SMILES string of the molecule is [CH2-]CNC(=O)Nc1nc(C)cc(=O)[nH]1.[W]. The predicted octanol–water partition coefficient (Wildman–Crippen LogP) is 0.0314. The first kappa shape index (κ1) is 13.8. The topological polar surface area (TPSA) is 86.9 Å². The number of anilines is 1. The van der Waals surface area contributed by atoms with E-state index in [9.17, 15) is 9.59 Å². The van der Waals surface area contributed by atoms with E-state index in [1.54, 1.807) is 6.92 Å². The minimum Gasteiger partial charge on any atom is -0.368 e. The Bertz CT molecular complexity index is 390. The normalized spacial score (nSPS) is 8.93. The summed E-state index contributed by atoms with van der Waals surface area (Å²) in [5, 5.41) is 4.78. The number of nitrogens with one attached hydrogen (secondary N) is 3. The molecule has 0 unspecified atom stereocenters. The van der Waals surface area contributed by atoms with E-state index in [2.05, 4.69) is 27.5 Å². The van der Waals surface area contributed by atoms with Crippen molar-refractivity contribution in [2.24, 2.45) is 0 Å². The van der Waals surface area contributed by atoms with Crippen molar-refractivity contribution in [1.82, 2.24) is 15.3 Å². The second kappa shape index (κ2) is 6.35. The summed E-state index contributed by atoms with van der Waals surface area (Å²) in [6.07, 6.45) is 0. The first-order valence-electron chi connectivity index (χ1n) is 4.04. The summed E-state index contributed by atoms with van der Waals surface area (Å²) >= 11 is 0. The van der Waals surface area contributed by atoms with Gasteiger partial charge < -0.3 is 12.2 Å². The smallest absolute Gasteiger partial charge is 0.319 e. The van der Waals surface area contributed by atoms with Crippen molar-refractivity contribution in [2.75, 3.05) is 11.9 Å².